The highest BCUT2D eigenvalue weighted by Gasteiger charge is 2.30. The van der Waals surface area contributed by atoms with E-state index in [4.69, 9.17) is 0 Å². The molecule has 3 rings (SSSR count). The molecule has 2 N–H and O–H groups in total. The van der Waals surface area contributed by atoms with Crippen molar-refractivity contribution in [3.63, 3.8) is 0 Å². The number of guanidine groups is 1. The van der Waals surface area contributed by atoms with E-state index in [9.17, 15) is 4.79 Å². The Bertz CT molecular complexity index is 658. The number of carbonyl (C=O) groups is 1. The summed E-state index contributed by atoms with van der Waals surface area (Å²) in [5.41, 5.74) is 2.21. The predicted molar refractivity (Wildman–Crippen MR) is 127 cm³/mol. The van der Waals surface area contributed by atoms with Crippen LogP contribution in [-0.2, 0) is 11.3 Å². The first kappa shape index (κ1) is 23.3. The Morgan fingerprint density at radius 3 is 2.64 bits per heavy atom. The molecule has 156 valence electrons. The number of nitrogens with zero attached hydrogens (tertiary/aromatic N) is 3. The monoisotopic (exact) mass is 517 g/mol. The molecule has 0 unspecified atom stereocenters. The molecule has 1 aromatic rings. The highest BCUT2D eigenvalue weighted by atomic mass is 127. The number of aryl methyl sites for hydroxylation is 1. The molecule has 1 saturated carbocycles. The Morgan fingerprint density at radius 2 is 2.00 bits per heavy atom. The third-order valence-corrected chi connectivity index (χ3v) is 6.45. The fourth-order valence-electron chi connectivity index (χ4n) is 3.79. The maximum absolute atomic E-state index is 12.7. The zero-order valence-corrected chi connectivity index (χ0v) is 20.0. The number of pyridine rings is 1. The van der Waals surface area contributed by atoms with Gasteiger partial charge in [0.05, 0.1) is 12.2 Å². The average molecular weight is 517 g/mol. The fourth-order valence-corrected chi connectivity index (χ4v) is 4.69. The van der Waals surface area contributed by atoms with E-state index in [2.05, 4.69) is 38.5 Å². The van der Waals surface area contributed by atoms with Gasteiger partial charge in [-0.05, 0) is 44.2 Å². The van der Waals surface area contributed by atoms with Gasteiger partial charge in [-0.15, -0.1) is 24.0 Å². The van der Waals surface area contributed by atoms with Crippen LogP contribution in [0.4, 0.5) is 0 Å². The van der Waals surface area contributed by atoms with Gasteiger partial charge in [0.15, 0.2) is 5.96 Å². The van der Waals surface area contributed by atoms with Crippen molar-refractivity contribution < 1.29 is 4.79 Å². The molecule has 1 aliphatic heterocycles. The molecule has 2 heterocycles. The minimum absolute atomic E-state index is 0. The number of hydrogen-bond acceptors (Lipinski definition) is 4. The lowest BCUT2D eigenvalue weighted by Crippen LogP contribution is -2.47. The van der Waals surface area contributed by atoms with Gasteiger partial charge in [-0.2, -0.15) is 11.8 Å². The Morgan fingerprint density at radius 1 is 1.29 bits per heavy atom. The number of hydrogen-bond donors (Lipinski definition) is 2. The van der Waals surface area contributed by atoms with Crippen molar-refractivity contribution >= 4 is 47.6 Å². The number of amides is 1. The maximum Gasteiger partial charge on any atom is 0.225 e. The SMILES string of the molecule is CN=C(NCc1ncccc1C)NC1CCC(C(=O)N2CCSCC2)CC1.I. The molecule has 28 heavy (non-hydrogen) atoms. The zero-order valence-electron chi connectivity index (χ0n) is 16.8. The summed E-state index contributed by atoms with van der Waals surface area (Å²) in [4.78, 5) is 23.5. The second-order valence-corrected chi connectivity index (χ2v) is 8.55. The predicted octanol–water partition coefficient (Wildman–Crippen LogP) is 2.81. The van der Waals surface area contributed by atoms with E-state index in [0.717, 1.165) is 61.9 Å². The van der Waals surface area contributed by atoms with Crippen LogP contribution < -0.4 is 10.6 Å². The number of rotatable bonds is 4. The van der Waals surface area contributed by atoms with Crippen molar-refractivity contribution in [3.05, 3.63) is 29.6 Å². The molecule has 0 radical (unpaired) electrons. The van der Waals surface area contributed by atoms with Crippen molar-refractivity contribution in [2.24, 2.45) is 10.9 Å². The molecule has 1 aromatic heterocycles. The summed E-state index contributed by atoms with van der Waals surface area (Å²) < 4.78 is 0. The lowest BCUT2D eigenvalue weighted by molar-refractivity contribution is -0.136. The Hall–Kier alpha value is -1.03. The van der Waals surface area contributed by atoms with Crippen LogP contribution in [0.25, 0.3) is 0 Å². The molecule has 6 nitrogen and oxygen atoms in total. The van der Waals surface area contributed by atoms with Gasteiger partial charge in [-0.25, -0.2) is 0 Å². The van der Waals surface area contributed by atoms with Gasteiger partial charge in [-0.1, -0.05) is 6.07 Å². The number of aliphatic imine (C=N–C) groups is 1. The standard InChI is InChI=1S/C20H31N5OS.HI/c1-15-4-3-9-22-18(15)14-23-20(21-2)24-17-7-5-16(6-8-17)19(26)25-10-12-27-13-11-25;/h3-4,9,16-17H,5-8,10-14H2,1-2H3,(H2,21,23,24);1H. The summed E-state index contributed by atoms with van der Waals surface area (Å²) in [5, 5.41) is 6.88. The number of aromatic nitrogens is 1. The van der Waals surface area contributed by atoms with Crippen molar-refractivity contribution in [1.82, 2.24) is 20.5 Å². The van der Waals surface area contributed by atoms with Crippen LogP contribution in [0.5, 0.6) is 0 Å². The van der Waals surface area contributed by atoms with E-state index in [1.54, 1.807) is 7.05 Å². The topological polar surface area (TPSA) is 69.6 Å². The van der Waals surface area contributed by atoms with Gasteiger partial charge in [0.25, 0.3) is 0 Å². The van der Waals surface area contributed by atoms with Crippen LogP contribution >= 0.6 is 35.7 Å². The smallest absolute Gasteiger partial charge is 0.225 e. The first-order valence-corrected chi connectivity index (χ1v) is 11.1. The van der Waals surface area contributed by atoms with E-state index < -0.39 is 0 Å². The van der Waals surface area contributed by atoms with Crippen LogP contribution in [0.1, 0.15) is 36.9 Å². The second-order valence-electron chi connectivity index (χ2n) is 7.32. The fraction of sp³-hybridized carbons (Fsp3) is 0.650. The molecule has 8 heteroatoms. The Kier molecular flexibility index (Phi) is 9.84. The molecule has 1 amide bonds. The van der Waals surface area contributed by atoms with E-state index in [1.165, 1.54) is 5.56 Å². The maximum atomic E-state index is 12.7. The molecule has 1 aliphatic carbocycles. The number of thioether (sulfide) groups is 1. The molecule has 0 spiro atoms. The van der Waals surface area contributed by atoms with Gasteiger partial charge in [0.2, 0.25) is 5.91 Å². The van der Waals surface area contributed by atoms with Gasteiger partial charge < -0.3 is 15.5 Å². The zero-order chi connectivity index (χ0) is 19.1. The number of carbonyl (C=O) groups excluding carboxylic acids is 1. The van der Waals surface area contributed by atoms with Crippen molar-refractivity contribution in [2.75, 3.05) is 31.6 Å². The summed E-state index contributed by atoms with van der Waals surface area (Å²) in [6.07, 6.45) is 5.79. The molecule has 0 aromatic carbocycles. The summed E-state index contributed by atoms with van der Waals surface area (Å²) in [5.74, 6) is 3.56. The lowest BCUT2D eigenvalue weighted by Gasteiger charge is -2.34. The Balaban J connectivity index is 0.00000280. The van der Waals surface area contributed by atoms with Crippen LogP contribution in [0.3, 0.4) is 0 Å². The third-order valence-electron chi connectivity index (χ3n) is 5.50. The second kappa shape index (κ2) is 11.8. The van der Waals surface area contributed by atoms with Crippen LogP contribution in [0, 0.1) is 12.8 Å². The van der Waals surface area contributed by atoms with E-state index >= 15 is 0 Å². The number of nitrogens with one attached hydrogen (secondary N) is 2. The summed E-state index contributed by atoms with van der Waals surface area (Å²) >= 11 is 1.95. The van der Waals surface area contributed by atoms with Gasteiger partial charge in [-0.3, -0.25) is 14.8 Å². The van der Waals surface area contributed by atoms with Gasteiger partial charge >= 0.3 is 0 Å². The summed E-state index contributed by atoms with van der Waals surface area (Å²) in [6.45, 7) is 4.57. The molecular weight excluding hydrogens is 485 g/mol. The first-order valence-electron chi connectivity index (χ1n) is 9.91. The van der Waals surface area contributed by atoms with E-state index in [-0.39, 0.29) is 29.9 Å². The van der Waals surface area contributed by atoms with E-state index in [0.29, 0.717) is 18.5 Å². The highest BCUT2D eigenvalue weighted by molar-refractivity contribution is 14.0. The quantitative estimate of drug-likeness (QED) is 0.365. The normalized spacial score (nSPS) is 22.9. The molecule has 0 bridgehead atoms. The molecule has 2 fully saturated rings. The van der Waals surface area contributed by atoms with Crippen LogP contribution in [-0.4, -0.2) is 59.4 Å². The van der Waals surface area contributed by atoms with Crippen molar-refractivity contribution in [3.8, 4) is 0 Å². The van der Waals surface area contributed by atoms with Gasteiger partial charge in [0, 0.05) is 49.8 Å². The van der Waals surface area contributed by atoms with Crippen molar-refractivity contribution in [2.45, 2.75) is 45.2 Å². The Labute approximate surface area is 189 Å². The van der Waals surface area contributed by atoms with Crippen molar-refractivity contribution in [1.29, 1.82) is 0 Å². The molecule has 1 saturated heterocycles. The largest absolute Gasteiger partial charge is 0.354 e. The number of halogens is 1. The summed E-state index contributed by atoms with van der Waals surface area (Å²) in [7, 11) is 1.80. The molecular formula is C20H32IN5OS. The van der Waals surface area contributed by atoms with Gasteiger partial charge in [0.1, 0.15) is 0 Å². The molecule has 2 aliphatic rings. The minimum atomic E-state index is 0. The molecule has 0 atom stereocenters. The first-order chi connectivity index (χ1) is 13.2. The van der Waals surface area contributed by atoms with E-state index in [1.807, 2.05) is 24.0 Å². The summed E-state index contributed by atoms with van der Waals surface area (Å²) in [6, 6.07) is 4.40. The average Bonchev–Trinajstić information content (AvgIpc) is 2.72. The van der Waals surface area contributed by atoms with Crippen LogP contribution in [0.15, 0.2) is 23.3 Å². The lowest BCUT2D eigenvalue weighted by atomic mass is 9.85. The van der Waals surface area contributed by atoms with Crippen LogP contribution in [0.2, 0.25) is 0 Å². The highest BCUT2D eigenvalue weighted by Crippen LogP contribution is 2.27. The minimum Gasteiger partial charge on any atom is -0.354 e. The third kappa shape index (κ3) is 6.50.